The molecule has 1 aromatic carbocycles. The summed E-state index contributed by atoms with van der Waals surface area (Å²) < 4.78 is 29.2. The van der Waals surface area contributed by atoms with Crippen LogP contribution in [-0.4, -0.2) is 32.8 Å². The van der Waals surface area contributed by atoms with Crippen LogP contribution in [0, 0.1) is 6.92 Å². The van der Waals surface area contributed by atoms with Gasteiger partial charge in [-0.1, -0.05) is 12.1 Å². The van der Waals surface area contributed by atoms with Crippen LogP contribution < -0.4 is 4.72 Å². The van der Waals surface area contributed by atoms with Gasteiger partial charge >= 0.3 is 0 Å². The number of H-pyrrole nitrogens is 1. The summed E-state index contributed by atoms with van der Waals surface area (Å²) in [5, 5.41) is 0.00855. The first-order valence-electron chi connectivity index (χ1n) is 7.45. The van der Waals surface area contributed by atoms with Gasteiger partial charge < -0.3 is 4.98 Å². The summed E-state index contributed by atoms with van der Waals surface area (Å²) in [6.45, 7) is 1.83. The van der Waals surface area contributed by atoms with Crippen molar-refractivity contribution in [3.8, 4) is 11.3 Å². The predicted octanol–water partition coefficient (Wildman–Crippen LogP) is 2.23. The number of anilines is 1. The first-order chi connectivity index (χ1) is 12.0. The van der Waals surface area contributed by atoms with Crippen molar-refractivity contribution >= 4 is 21.5 Å². The Balaban J connectivity index is 1.74. The second-order valence-corrected chi connectivity index (χ2v) is 7.15. The Morgan fingerprint density at radius 1 is 1.28 bits per heavy atom. The van der Waals surface area contributed by atoms with Crippen molar-refractivity contribution in [2.75, 3.05) is 4.72 Å². The lowest BCUT2D eigenvalue weighted by Gasteiger charge is -2.10. The van der Waals surface area contributed by atoms with Gasteiger partial charge in [-0.25, -0.2) is 15.0 Å². The van der Waals surface area contributed by atoms with Gasteiger partial charge in [0, 0.05) is 24.2 Å². The minimum absolute atomic E-state index is 0.00855. The molecule has 0 unspecified atom stereocenters. The van der Waals surface area contributed by atoms with E-state index in [1.165, 1.54) is 12.5 Å². The van der Waals surface area contributed by atoms with Crippen LogP contribution in [0.15, 0.2) is 60.4 Å². The SMILES string of the molecule is Cc1ccc(-c2cn3cccnc3n2)cc1NS(=O)(=O)c1cnc[nH]1. The van der Waals surface area contributed by atoms with Crippen molar-refractivity contribution in [2.45, 2.75) is 11.9 Å². The van der Waals surface area contributed by atoms with Gasteiger partial charge in [0.15, 0.2) is 5.03 Å². The number of rotatable bonds is 4. The molecule has 0 saturated carbocycles. The summed E-state index contributed by atoms with van der Waals surface area (Å²) in [6.07, 6.45) is 7.96. The average molecular weight is 354 g/mol. The maximum Gasteiger partial charge on any atom is 0.278 e. The minimum atomic E-state index is -3.72. The van der Waals surface area contributed by atoms with E-state index in [1.54, 1.807) is 12.3 Å². The molecule has 3 aromatic heterocycles. The third-order valence-electron chi connectivity index (χ3n) is 3.78. The first kappa shape index (κ1) is 15.3. The Labute approximate surface area is 143 Å². The summed E-state index contributed by atoms with van der Waals surface area (Å²) in [6, 6.07) is 7.31. The quantitative estimate of drug-likeness (QED) is 0.585. The van der Waals surface area contributed by atoms with Crippen molar-refractivity contribution < 1.29 is 8.42 Å². The molecule has 0 amide bonds. The monoisotopic (exact) mass is 354 g/mol. The molecule has 0 bridgehead atoms. The van der Waals surface area contributed by atoms with Crippen LogP contribution >= 0.6 is 0 Å². The lowest BCUT2D eigenvalue weighted by atomic mass is 10.1. The van der Waals surface area contributed by atoms with E-state index in [2.05, 4.69) is 24.7 Å². The molecule has 0 saturated heterocycles. The normalized spacial score (nSPS) is 11.7. The van der Waals surface area contributed by atoms with Gasteiger partial charge in [-0.2, -0.15) is 8.42 Å². The van der Waals surface area contributed by atoms with Gasteiger partial charge in [-0.3, -0.25) is 9.12 Å². The summed E-state index contributed by atoms with van der Waals surface area (Å²) in [7, 11) is -3.72. The maximum atomic E-state index is 12.4. The predicted molar refractivity (Wildman–Crippen MR) is 92.6 cm³/mol. The van der Waals surface area contributed by atoms with Gasteiger partial charge in [0.05, 0.1) is 23.9 Å². The molecule has 0 aliphatic rings. The number of benzene rings is 1. The minimum Gasteiger partial charge on any atom is -0.334 e. The zero-order valence-corrected chi connectivity index (χ0v) is 14.0. The standard InChI is InChI=1S/C16H14N6O2S/c1-11-3-4-12(14-9-22-6-2-5-18-16(22)20-14)7-13(11)21-25(23,24)15-8-17-10-19-15/h2-10,21H,1H3,(H,17,19). The number of sulfonamides is 1. The molecule has 4 aromatic rings. The molecule has 25 heavy (non-hydrogen) atoms. The third-order valence-corrected chi connectivity index (χ3v) is 5.07. The molecule has 9 heteroatoms. The van der Waals surface area contributed by atoms with Gasteiger partial charge in [0.1, 0.15) is 0 Å². The van der Waals surface area contributed by atoms with Gasteiger partial charge in [-0.15, -0.1) is 0 Å². The van der Waals surface area contributed by atoms with Gasteiger partial charge in [-0.05, 0) is 24.6 Å². The molecule has 0 radical (unpaired) electrons. The van der Waals surface area contributed by atoms with Crippen molar-refractivity contribution in [1.82, 2.24) is 24.3 Å². The number of aromatic nitrogens is 5. The number of imidazole rings is 2. The van der Waals surface area contributed by atoms with Crippen molar-refractivity contribution in [1.29, 1.82) is 0 Å². The van der Waals surface area contributed by atoms with Crippen LogP contribution in [0.2, 0.25) is 0 Å². The molecular weight excluding hydrogens is 340 g/mol. The third kappa shape index (κ3) is 2.85. The molecule has 0 spiro atoms. The summed E-state index contributed by atoms with van der Waals surface area (Å²) in [4.78, 5) is 15.0. The zero-order valence-electron chi connectivity index (χ0n) is 13.2. The number of fused-ring (bicyclic) bond motifs is 1. The highest BCUT2D eigenvalue weighted by Gasteiger charge is 2.17. The Morgan fingerprint density at radius 2 is 2.16 bits per heavy atom. The molecule has 4 rings (SSSR count). The number of nitrogens with one attached hydrogen (secondary N) is 2. The zero-order chi connectivity index (χ0) is 17.4. The molecule has 3 heterocycles. The topological polar surface area (TPSA) is 105 Å². The number of aromatic amines is 1. The Morgan fingerprint density at radius 3 is 2.92 bits per heavy atom. The molecule has 8 nitrogen and oxygen atoms in total. The second kappa shape index (κ2) is 5.71. The van der Waals surface area contributed by atoms with E-state index in [1.807, 2.05) is 41.9 Å². The fraction of sp³-hybridized carbons (Fsp3) is 0.0625. The highest BCUT2D eigenvalue weighted by atomic mass is 32.2. The molecule has 0 aliphatic heterocycles. The molecule has 0 fully saturated rings. The number of nitrogens with zero attached hydrogens (tertiary/aromatic N) is 4. The van der Waals surface area contributed by atoms with E-state index in [-0.39, 0.29) is 5.03 Å². The highest BCUT2D eigenvalue weighted by Crippen LogP contribution is 2.26. The van der Waals surface area contributed by atoms with E-state index < -0.39 is 10.0 Å². The maximum absolute atomic E-state index is 12.4. The summed E-state index contributed by atoms with van der Waals surface area (Å²) >= 11 is 0. The van der Waals surface area contributed by atoms with Gasteiger partial charge in [0.2, 0.25) is 5.78 Å². The van der Waals surface area contributed by atoms with Crippen LogP contribution in [0.1, 0.15) is 5.56 Å². The van der Waals surface area contributed by atoms with E-state index in [9.17, 15) is 8.42 Å². The Hall–Kier alpha value is -3.20. The molecule has 0 aliphatic carbocycles. The molecule has 2 N–H and O–H groups in total. The van der Waals surface area contributed by atoms with Crippen LogP contribution in [0.3, 0.4) is 0 Å². The van der Waals surface area contributed by atoms with Gasteiger partial charge in [0.25, 0.3) is 10.0 Å². The van der Waals surface area contributed by atoms with E-state index in [0.717, 1.165) is 11.1 Å². The largest absolute Gasteiger partial charge is 0.334 e. The molecule has 126 valence electrons. The van der Waals surface area contributed by atoms with Crippen molar-refractivity contribution in [3.05, 3.63) is 60.9 Å². The number of hydrogen-bond donors (Lipinski definition) is 2. The van der Waals surface area contributed by atoms with Crippen molar-refractivity contribution in [3.63, 3.8) is 0 Å². The fourth-order valence-electron chi connectivity index (χ4n) is 2.45. The first-order valence-corrected chi connectivity index (χ1v) is 8.93. The fourth-order valence-corrected chi connectivity index (χ4v) is 3.48. The molecular formula is C16H14N6O2S. The van der Waals surface area contributed by atoms with E-state index in [4.69, 9.17) is 0 Å². The van der Waals surface area contributed by atoms with Crippen LogP contribution in [-0.2, 0) is 10.0 Å². The Kier molecular flexibility index (Phi) is 3.50. The van der Waals surface area contributed by atoms with E-state index >= 15 is 0 Å². The van der Waals surface area contributed by atoms with E-state index in [0.29, 0.717) is 17.2 Å². The number of hydrogen-bond acceptors (Lipinski definition) is 5. The van der Waals surface area contributed by atoms with Crippen LogP contribution in [0.25, 0.3) is 17.0 Å². The average Bonchev–Trinajstić information content (AvgIpc) is 3.26. The van der Waals surface area contributed by atoms with Crippen LogP contribution in [0.4, 0.5) is 5.69 Å². The Bertz CT molecular complexity index is 1120. The molecule has 0 atom stereocenters. The lowest BCUT2D eigenvalue weighted by molar-refractivity contribution is 0.598. The van der Waals surface area contributed by atoms with Crippen molar-refractivity contribution in [2.24, 2.45) is 0 Å². The lowest BCUT2D eigenvalue weighted by Crippen LogP contribution is -2.14. The number of aryl methyl sites for hydroxylation is 1. The second-order valence-electron chi connectivity index (χ2n) is 5.50. The highest BCUT2D eigenvalue weighted by molar-refractivity contribution is 7.92. The van der Waals surface area contributed by atoms with Crippen LogP contribution in [0.5, 0.6) is 0 Å². The summed E-state index contributed by atoms with van der Waals surface area (Å²) in [5.41, 5.74) is 2.78. The smallest absolute Gasteiger partial charge is 0.278 e. The summed E-state index contributed by atoms with van der Waals surface area (Å²) in [5.74, 6) is 0.581.